The SMILES string of the molecule is Fc1ccccc1C1CCC(Br)C1. The van der Waals surface area contributed by atoms with Crippen molar-refractivity contribution in [3.63, 3.8) is 0 Å². The van der Waals surface area contributed by atoms with Gasteiger partial charge in [-0.1, -0.05) is 34.1 Å². The first-order chi connectivity index (χ1) is 6.27. The third-order valence-corrected chi connectivity index (χ3v) is 3.55. The van der Waals surface area contributed by atoms with Gasteiger partial charge in [0.25, 0.3) is 0 Å². The number of hydrogen-bond donors (Lipinski definition) is 0. The standard InChI is InChI=1S/C11H12BrF/c12-9-6-5-8(7-9)10-3-1-2-4-11(10)13/h1-4,8-9H,5-7H2. The Morgan fingerprint density at radius 3 is 2.62 bits per heavy atom. The minimum absolute atomic E-state index is 0.0471. The van der Waals surface area contributed by atoms with Crippen LogP contribution in [-0.2, 0) is 0 Å². The van der Waals surface area contributed by atoms with E-state index in [1.165, 1.54) is 6.42 Å². The second kappa shape index (κ2) is 3.79. The Bertz CT molecular complexity index is 298. The van der Waals surface area contributed by atoms with E-state index in [0.29, 0.717) is 10.7 Å². The van der Waals surface area contributed by atoms with Crippen LogP contribution in [0.4, 0.5) is 4.39 Å². The van der Waals surface area contributed by atoms with Gasteiger partial charge in [-0.15, -0.1) is 0 Å². The van der Waals surface area contributed by atoms with Crippen LogP contribution in [0.25, 0.3) is 0 Å². The zero-order valence-electron chi connectivity index (χ0n) is 7.34. The van der Waals surface area contributed by atoms with Crippen molar-refractivity contribution in [1.29, 1.82) is 0 Å². The van der Waals surface area contributed by atoms with Gasteiger partial charge in [-0.05, 0) is 36.8 Å². The Morgan fingerprint density at radius 2 is 2.00 bits per heavy atom. The highest BCUT2D eigenvalue weighted by molar-refractivity contribution is 9.09. The molecule has 2 atom stereocenters. The maximum atomic E-state index is 13.4. The molecular weight excluding hydrogens is 231 g/mol. The van der Waals surface area contributed by atoms with Crippen LogP contribution in [0, 0.1) is 5.82 Å². The summed E-state index contributed by atoms with van der Waals surface area (Å²) in [6, 6.07) is 7.13. The first kappa shape index (κ1) is 9.20. The summed E-state index contributed by atoms with van der Waals surface area (Å²) in [7, 11) is 0. The Kier molecular flexibility index (Phi) is 2.68. The number of benzene rings is 1. The van der Waals surface area contributed by atoms with Gasteiger partial charge in [0.1, 0.15) is 5.82 Å². The molecule has 1 aromatic carbocycles. The molecule has 0 N–H and O–H groups in total. The van der Waals surface area contributed by atoms with E-state index in [1.54, 1.807) is 12.1 Å². The first-order valence-corrected chi connectivity index (χ1v) is 5.57. The van der Waals surface area contributed by atoms with Gasteiger partial charge < -0.3 is 0 Å². The van der Waals surface area contributed by atoms with E-state index in [4.69, 9.17) is 0 Å². The van der Waals surface area contributed by atoms with Gasteiger partial charge in [0.2, 0.25) is 0 Å². The molecule has 2 unspecified atom stereocenters. The summed E-state index contributed by atoms with van der Waals surface area (Å²) in [5, 5.41) is 0. The average Bonchev–Trinajstić information content (AvgIpc) is 2.53. The second-order valence-electron chi connectivity index (χ2n) is 3.63. The summed E-state index contributed by atoms with van der Waals surface area (Å²) < 4.78 is 13.4. The molecule has 0 heterocycles. The minimum atomic E-state index is -0.0471. The van der Waals surface area contributed by atoms with Crippen LogP contribution in [0.3, 0.4) is 0 Å². The van der Waals surface area contributed by atoms with Gasteiger partial charge in [-0.2, -0.15) is 0 Å². The van der Waals surface area contributed by atoms with Crippen LogP contribution < -0.4 is 0 Å². The van der Waals surface area contributed by atoms with Crippen LogP contribution in [0.15, 0.2) is 24.3 Å². The van der Waals surface area contributed by atoms with Crippen molar-refractivity contribution in [2.75, 3.05) is 0 Å². The number of hydrogen-bond acceptors (Lipinski definition) is 0. The minimum Gasteiger partial charge on any atom is -0.207 e. The topological polar surface area (TPSA) is 0 Å². The maximum Gasteiger partial charge on any atom is 0.126 e. The van der Waals surface area contributed by atoms with E-state index in [0.717, 1.165) is 18.4 Å². The molecule has 0 bridgehead atoms. The normalized spacial score (nSPS) is 27.8. The fourth-order valence-electron chi connectivity index (χ4n) is 2.02. The average molecular weight is 243 g/mol. The van der Waals surface area contributed by atoms with Crippen LogP contribution >= 0.6 is 15.9 Å². The fourth-order valence-corrected chi connectivity index (χ4v) is 2.73. The van der Waals surface area contributed by atoms with Crippen LogP contribution in [-0.4, -0.2) is 4.83 Å². The van der Waals surface area contributed by atoms with Crippen LogP contribution in [0.1, 0.15) is 30.7 Å². The second-order valence-corrected chi connectivity index (χ2v) is 4.92. The summed E-state index contributed by atoms with van der Waals surface area (Å²) in [6.45, 7) is 0. The quantitative estimate of drug-likeness (QED) is 0.657. The van der Waals surface area contributed by atoms with Gasteiger partial charge in [-0.25, -0.2) is 4.39 Å². The molecular formula is C11H12BrF. The highest BCUT2D eigenvalue weighted by atomic mass is 79.9. The molecule has 1 aliphatic rings. The molecule has 0 radical (unpaired) electrons. The molecule has 2 heteroatoms. The van der Waals surface area contributed by atoms with Crippen molar-refractivity contribution in [2.24, 2.45) is 0 Å². The number of halogens is 2. The van der Waals surface area contributed by atoms with E-state index >= 15 is 0 Å². The Labute approximate surface area is 86.3 Å². The van der Waals surface area contributed by atoms with E-state index in [9.17, 15) is 4.39 Å². The van der Waals surface area contributed by atoms with Crippen LogP contribution in [0.2, 0.25) is 0 Å². The third-order valence-electron chi connectivity index (χ3n) is 2.71. The Hall–Kier alpha value is -0.370. The van der Waals surface area contributed by atoms with Gasteiger partial charge in [0.05, 0.1) is 0 Å². The van der Waals surface area contributed by atoms with Crippen molar-refractivity contribution in [2.45, 2.75) is 30.0 Å². The van der Waals surface area contributed by atoms with E-state index in [2.05, 4.69) is 15.9 Å². The molecule has 0 saturated heterocycles. The molecule has 1 fully saturated rings. The summed E-state index contributed by atoms with van der Waals surface area (Å²) in [5.74, 6) is 0.375. The lowest BCUT2D eigenvalue weighted by Crippen LogP contribution is -1.97. The van der Waals surface area contributed by atoms with Crippen molar-refractivity contribution in [3.05, 3.63) is 35.6 Å². The molecule has 0 aliphatic heterocycles. The predicted octanol–water partition coefficient (Wildman–Crippen LogP) is 3.86. The number of rotatable bonds is 1. The van der Waals surface area contributed by atoms with E-state index < -0.39 is 0 Å². The maximum absolute atomic E-state index is 13.4. The molecule has 13 heavy (non-hydrogen) atoms. The highest BCUT2D eigenvalue weighted by Gasteiger charge is 2.25. The zero-order valence-corrected chi connectivity index (χ0v) is 8.93. The molecule has 70 valence electrons. The van der Waals surface area contributed by atoms with Gasteiger partial charge in [-0.3, -0.25) is 0 Å². The van der Waals surface area contributed by atoms with Crippen LogP contribution in [0.5, 0.6) is 0 Å². The predicted molar refractivity (Wildman–Crippen MR) is 55.7 cm³/mol. The van der Waals surface area contributed by atoms with Crippen molar-refractivity contribution < 1.29 is 4.39 Å². The Balaban J connectivity index is 2.21. The smallest absolute Gasteiger partial charge is 0.126 e. The summed E-state index contributed by atoms with van der Waals surface area (Å²) in [5.41, 5.74) is 0.893. The molecule has 2 rings (SSSR count). The molecule has 0 aromatic heterocycles. The zero-order chi connectivity index (χ0) is 9.26. The molecule has 0 spiro atoms. The van der Waals surface area contributed by atoms with Gasteiger partial charge >= 0.3 is 0 Å². The molecule has 1 saturated carbocycles. The van der Waals surface area contributed by atoms with Crippen molar-refractivity contribution in [1.82, 2.24) is 0 Å². The van der Waals surface area contributed by atoms with Crippen molar-refractivity contribution in [3.8, 4) is 0 Å². The lowest BCUT2D eigenvalue weighted by molar-refractivity contribution is 0.581. The van der Waals surface area contributed by atoms with Gasteiger partial charge in [0, 0.05) is 4.83 Å². The monoisotopic (exact) mass is 242 g/mol. The van der Waals surface area contributed by atoms with Gasteiger partial charge in [0.15, 0.2) is 0 Å². The number of alkyl halides is 1. The molecule has 1 aliphatic carbocycles. The van der Waals surface area contributed by atoms with Crippen molar-refractivity contribution >= 4 is 15.9 Å². The lowest BCUT2D eigenvalue weighted by Gasteiger charge is -2.09. The fraction of sp³-hybridized carbons (Fsp3) is 0.455. The summed E-state index contributed by atoms with van der Waals surface area (Å²) in [6.07, 6.45) is 3.34. The molecule has 0 nitrogen and oxygen atoms in total. The molecule has 1 aromatic rings. The largest absolute Gasteiger partial charge is 0.207 e. The lowest BCUT2D eigenvalue weighted by atomic mass is 9.97. The summed E-state index contributed by atoms with van der Waals surface area (Å²) in [4.78, 5) is 0.581. The first-order valence-electron chi connectivity index (χ1n) is 4.66. The Morgan fingerprint density at radius 1 is 1.23 bits per heavy atom. The molecule has 0 amide bonds. The highest BCUT2D eigenvalue weighted by Crippen LogP contribution is 2.38. The van der Waals surface area contributed by atoms with E-state index in [1.807, 2.05) is 12.1 Å². The third kappa shape index (κ3) is 1.93. The van der Waals surface area contributed by atoms with E-state index in [-0.39, 0.29) is 5.82 Å². The summed E-state index contributed by atoms with van der Waals surface area (Å²) >= 11 is 3.58.